The molecule has 1 N–H and O–H groups in total. The van der Waals surface area contributed by atoms with E-state index in [4.69, 9.17) is 4.74 Å². The number of ether oxygens (including phenoxy) is 1. The minimum absolute atomic E-state index is 0.0757. The Morgan fingerprint density at radius 1 is 1.55 bits per heavy atom. The minimum Gasteiger partial charge on any atom is -0.390 e. The summed E-state index contributed by atoms with van der Waals surface area (Å²) < 4.78 is 5.82. The molecule has 1 fully saturated rings. The zero-order valence-electron chi connectivity index (χ0n) is 12.2. The Labute approximate surface area is 120 Å². The van der Waals surface area contributed by atoms with Crippen molar-refractivity contribution in [1.29, 1.82) is 0 Å². The van der Waals surface area contributed by atoms with Gasteiger partial charge < -0.3 is 9.84 Å². The van der Waals surface area contributed by atoms with Crippen LogP contribution in [0.25, 0.3) is 0 Å². The molecule has 1 aromatic heterocycles. The SMILES string of the molecule is CCCN1CCOC(C(O)C2CCc3cccnc32)C1. The molecule has 3 atom stereocenters. The van der Waals surface area contributed by atoms with Gasteiger partial charge in [-0.2, -0.15) is 0 Å². The normalized spacial score (nSPS) is 28.3. The molecule has 110 valence electrons. The summed E-state index contributed by atoms with van der Waals surface area (Å²) in [6, 6.07) is 4.11. The Balaban J connectivity index is 1.68. The van der Waals surface area contributed by atoms with Crippen molar-refractivity contribution in [1.82, 2.24) is 9.88 Å². The van der Waals surface area contributed by atoms with Crippen molar-refractivity contribution in [2.75, 3.05) is 26.2 Å². The molecule has 1 aliphatic heterocycles. The standard InChI is InChI=1S/C16H24N2O2/c1-2-8-18-9-10-20-14(11-18)16(19)13-6-5-12-4-3-7-17-15(12)13/h3-4,7,13-14,16,19H,2,5-6,8-11H2,1H3. The van der Waals surface area contributed by atoms with Gasteiger partial charge in [0.1, 0.15) is 0 Å². The number of hydrogen-bond acceptors (Lipinski definition) is 4. The van der Waals surface area contributed by atoms with E-state index in [9.17, 15) is 5.11 Å². The highest BCUT2D eigenvalue weighted by atomic mass is 16.5. The molecule has 4 nitrogen and oxygen atoms in total. The van der Waals surface area contributed by atoms with Crippen LogP contribution in [0.4, 0.5) is 0 Å². The summed E-state index contributed by atoms with van der Waals surface area (Å²) >= 11 is 0. The first kappa shape index (κ1) is 14.0. The van der Waals surface area contributed by atoms with Gasteiger partial charge in [-0.25, -0.2) is 0 Å². The molecule has 0 bridgehead atoms. The van der Waals surface area contributed by atoms with Crippen molar-refractivity contribution in [3.8, 4) is 0 Å². The molecule has 2 heterocycles. The van der Waals surface area contributed by atoms with Crippen LogP contribution in [0.5, 0.6) is 0 Å². The van der Waals surface area contributed by atoms with Crippen LogP contribution in [0.1, 0.15) is 36.9 Å². The third-order valence-electron chi connectivity index (χ3n) is 4.51. The highest BCUT2D eigenvalue weighted by Gasteiger charge is 2.36. The molecule has 0 aromatic carbocycles. The van der Waals surface area contributed by atoms with Gasteiger partial charge in [0, 0.05) is 30.9 Å². The molecule has 4 heteroatoms. The smallest absolute Gasteiger partial charge is 0.0967 e. The molecular weight excluding hydrogens is 252 g/mol. The van der Waals surface area contributed by atoms with Crippen molar-refractivity contribution in [3.05, 3.63) is 29.6 Å². The Hall–Kier alpha value is -0.970. The number of aliphatic hydroxyl groups is 1. The minimum atomic E-state index is -0.439. The fourth-order valence-corrected chi connectivity index (χ4v) is 3.49. The average Bonchev–Trinajstić information content (AvgIpc) is 2.91. The molecule has 2 aliphatic rings. The van der Waals surface area contributed by atoms with E-state index in [0.717, 1.165) is 51.2 Å². The number of morpholine rings is 1. The first-order chi connectivity index (χ1) is 9.79. The second-order valence-electron chi connectivity index (χ2n) is 5.89. The van der Waals surface area contributed by atoms with Crippen molar-refractivity contribution in [3.63, 3.8) is 0 Å². The van der Waals surface area contributed by atoms with Gasteiger partial charge in [-0.05, 0) is 37.4 Å². The second-order valence-corrected chi connectivity index (χ2v) is 5.89. The summed E-state index contributed by atoms with van der Waals surface area (Å²) in [5.41, 5.74) is 2.37. The Kier molecular flexibility index (Phi) is 4.34. The summed E-state index contributed by atoms with van der Waals surface area (Å²) in [5, 5.41) is 10.7. The van der Waals surface area contributed by atoms with E-state index in [1.54, 1.807) is 0 Å². The van der Waals surface area contributed by atoms with Gasteiger partial charge in [0.25, 0.3) is 0 Å². The van der Waals surface area contributed by atoms with E-state index >= 15 is 0 Å². The fourth-order valence-electron chi connectivity index (χ4n) is 3.49. The topological polar surface area (TPSA) is 45.6 Å². The van der Waals surface area contributed by atoms with Crippen LogP contribution in [0.15, 0.2) is 18.3 Å². The summed E-state index contributed by atoms with van der Waals surface area (Å²) in [5.74, 6) is 0.137. The number of aliphatic hydroxyl groups excluding tert-OH is 1. The number of nitrogens with zero attached hydrogens (tertiary/aromatic N) is 2. The summed E-state index contributed by atoms with van der Waals surface area (Å²) in [4.78, 5) is 6.88. The zero-order valence-corrected chi connectivity index (χ0v) is 12.2. The highest BCUT2D eigenvalue weighted by molar-refractivity contribution is 5.29. The lowest BCUT2D eigenvalue weighted by molar-refractivity contribution is -0.0959. The van der Waals surface area contributed by atoms with Gasteiger partial charge >= 0.3 is 0 Å². The molecule has 1 aromatic rings. The molecule has 1 aliphatic carbocycles. The molecular formula is C16H24N2O2. The molecule has 0 amide bonds. The summed E-state index contributed by atoms with van der Waals surface area (Å²) in [6.45, 7) is 5.83. The third-order valence-corrected chi connectivity index (χ3v) is 4.51. The molecule has 3 unspecified atom stereocenters. The van der Waals surface area contributed by atoms with E-state index in [1.807, 2.05) is 12.3 Å². The van der Waals surface area contributed by atoms with Crippen molar-refractivity contribution < 1.29 is 9.84 Å². The van der Waals surface area contributed by atoms with Gasteiger partial charge in [-0.1, -0.05) is 13.0 Å². The van der Waals surface area contributed by atoms with E-state index < -0.39 is 6.10 Å². The van der Waals surface area contributed by atoms with Crippen molar-refractivity contribution >= 4 is 0 Å². The highest BCUT2D eigenvalue weighted by Crippen LogP contribution is 2.35. The van der Waals surface area contributed by atoms with E-state index in [1.165, 1.54) is 5.56 Å². The van der Waals surface area contributed by atoms with Crippen molar-refractivity contribution in [2.24, 2.45) is 0 Å². The quantitative estimate of drug-likeness (QED) is 0.907. The van der Waals surface area contributed by atoms with Gasteiger partial charge in [-0.15, -0.1) is 0 Å². The van der Waals surface area contributed by atoms with Crippen molar-refractivity contribution in [2.45, 2.75) is 44.3 Å². The number of pyridine rings is 1. The maximum atomic E-state index is 10.7. The fraction of sp³-hybridized carbons (Fsp3) is 0.688. The largest absolute Gasteiger partial charge is 0.390 e. The number of fused-ring (bicyclic) bond motifs is 1. The Morgan fingerprint density at radius 3 is 3.30 bits per heavy atom. The summed E-state index contributed by atoms with van der Waals surface area (Å²) in [7, 11) is 0. The van der Waals surface area contributed by atoms with Crippen LogP contribution >= 0.6 is 0 Å². The van der Waals surface area contributed by atoms with Gasteiger partial charge in [0.05, 0.1) is 18.8 Å². The van der Waals surface area contributed by atoms with Crippen LogP contribution in [0.3, 0.4) is 0 Å². The van der Waals surface area contributed by atoms with E-state index in [2.05, 4.69) is 22.9 Å². The second kappa shape index (κ2) is 6.20. The molecule has 0 spiro atoms. The molecule has 0 saturated carbocycles. The number of aromatic nitrogens is 1. The lowest BCUT2D eigenvalue weighted by Crippen LogP contribution is -2.49. The number of hydrogen-bond donors (Lipinski definition) is 1. The Bertz CT molecular complexity index is 450. The maximum Gasteiger partial charge on any atom is 0.0967 e. The predicted molar refractivity (Wildman–Crippen MR) is 77.8 cm³/mol. The van der Waals surface area contributed by atoms with Crippen LogP contribution in [0, 0.1) is 0 Å². The van der Waals surface area contributed by atoms with Gasteiger partial charge in [0.2, 0.25) is 0 Å². The zero-order chi connectivity index (χ0) is 13.9. The maximum absolute atomic E-state index is 10.7. The monoisotopic (exact) mass is 276 g/mol. The Morgan fingerprint density at radius 2 is 2.45 bits per heavy atom. The molecule has 20 heavy (non-hydrogen) atoms. The van der Waals surface area contributed by atoms with Crippen LogP contribution in [0.2, 0.25) is 0 Å². The first-order valence-electron chi connectivity index (χ1n) is 7.75. The number of aryl methyl sites for hydroxylation is 1. The average molecular weight is 276 g/mol. The molecule has 0 radical (unpaired) electrons. The first-order valence-corrected chi connectivity index (χ1v) is 7.75. The lowest BCUT2D eigenvalue weighted by Gasteiger charge is -2.36. The predicted octanol–water partition coefficient (Wildman–Crippen LogP) is 1.58. The number of rotatable bonds is 4. The van der Waals surface area contributed by atoms with Crippen LogP contribution < -0.4 is 0 Å². The van der Waals surface area contributed by atoms with E-state index in [0.29, 0.717) is 0 Å². The molecule has 3 rings (SSSR count). The summed E-state index contributed by atoms with van der Waals surface area (Å²) in [6.07, 6.45) is 4.47. The van der Waals surface area contributed by atoms with Gasteiger partial charge in [-0.3, -0.25) is 9.88 Å². The van der Waals surface area contributed by atoms with Gasteiger partial charge in [0.15, 0.2) is 0 Å². The van der Waals surface area contributed by atoms with Crippen LogP contribution in [-0.4, -0.2) is 53.4 Å². The van der Waals surface area contributed by atoms with E-state index in [-0.39, 0.29) is 12.0 Å². The molecule has 1 saturated heterocycles. The lowest BCUT2D eigenvalue weighted by atomic mass is 9.94. The third kappa shape index (κ3) is 2.73. The van der Waals surface area contributed by atoms with Crippen LogP contribution in [-0.2, 0) is 11.2 Å².